The molecule has 1 N–H and O–H groups in total. The van der Waals surface area contributed by atoms with E-state index in [4.69, 9.17) is 4.74 Å². The van der Waals surface area contributed by atoms with Gasteiger partial charge in [-0.25, -0.2) is 0 Å². The van der Waals surface area contributed by atoms with Crippen LogP contribution in [-0.2, 0) is 9.53 Å². The van der Waals surface area contributed by atoms with Crippen LogP contribution in [0.15, 0.2) is 0 Å². The second kappa shape index (κ2) is 4.78. The predicted molar refractivity (Wildman–Crippen MR) is 53.8 cm³/mol. The van der Waals surface area contributed by atoms with Crippen LogP contribution < -0.4 is 0 Å². The van der Waals surface area contributed by atoms with Crippen LogP contribution in [0, 0.1) is 11.3 Å². The van der Waals surface area contributed by atoms with Crippen LogP contribution in [0.3, 0.4) is 0 Å². The number of aliphatic hydroxyl groups excluding tert-OH is 1. The maximum absolute atomic E-state index is 10.8. The molecule has 1 rings (SSSR count). The topological polar surface area (TPSA) is 46.5 Å². The summed E-state index contributed by atoms with van der Waals surface area (Å²) in [7, 11) is 0. The summed E-state index contributed by atoms with van der Waals surface area (Å²) in [6.45, 7) is 4.93. The van der Waals surface area contributed by atoms with Crippen molar-refractivity contribution in [3.05, 3.63) is 0 Å². The number of cyclic esters (lactones) is 1. The van der Waals surface area contributed by atoms with E-state index in [0.717, 1.165) is 19.3 Å². The van der Waals surface area contributed by atoms with E-state index in [0.29, 0.717) is 18.9 Å². The van der Waals surface area contributed by atoms with Crippen LogP contribution in [-0.4, -0.2) is 24.3 Å². The number of carbonyl (C=O) groups is 1. The van der Waals surface area contributed by atoms with E-state index in [-0.39, 0.29) is 18.0 Å². The molecule has 0 saturated carbocycles. The summed E-state index contributed by atoms with van der Waals surface area (Å²) < 4.78 is 5.00. The van der Waals surface area contributed by atoms with Crippen molar-refractivity contribution in [1.29, 1.82) is 0 Å². The number of esters is 1. The number of ether oxygens (including phenoxy) is 1. The van der Waals surface area contributed by atoms with Crippen LogP contribution in [0.1, 0.15) is 39.5 Å². The van der Waals surface area contributed by atoms with Crippen LogP contribution in [0.25, 0.3) is 0 Å². The Morgan fingerprint density at radius 2 is 2.36 bits per heavy atom. The Labute approximate surface area is 85.5 Å². The van der Waals surface area contributed by atoms with Crippen molar-refractivity contribution in [1.82, 2.24) is 0 Å². The molecule has 0 aromatic carbocycles. The van der Waals surface area contributed by atoms with Crippen LogP contribution in [0.2, 0.25) is 0 Å². The number of aliphatic hydroxyl groups is 1. The minimum absolute atomic E-state index is 0.00554. The summed E-state index contributed by atoms with van der Waals surface area (Å²) in [6.07, 6.45) is 3.37. The zero-order valence-electron chi connectivity index (χ0n) is 9.08. The van der Waals surface area contributed by atoms with Gasteiger partial charge >= 0.3 is 5.97 Å². The van der Waals surface area contributed by atoms with Gasteiger partial charge < -0.3 is 9.84 Å². The van der Waals surface area contributed by atoms with Gasteiger partial charge in [0.1, 0.15) is 0 Å². The Kier molecular flexibility index (Phi) is 3.93. The fourth-order valence-corrected chi connectivity index (χ4v) is 1.87. The molecule has 82 valence electrons. The van der Waals surface area contributed by atoms with Crippen molar-refractivity contribution < 1.29 is 14.6 Å². The van der Waals surface area contributed by atoms with Crippen molar-refractivity contribution >= 4 is 5.97 Å². The quantitative estimate of drug-likeness (QED) is 0.703. The van der Waals surface area contributed by atoms with Crippen LogP contribution in [0.5, 0.6) is 0 Å². The summed E-state index contributed by atoms with van der Waals surface area (Å²) >= 11 is 0. The lowest BCUT2D eigenvalue weighted by Crippen LogP contribution is -2.29. The molecule has 0 aromatic rings. The third kappa shape index (κ3) is 2.98. The lowest BCUT2D eigenvalue weighted by molar-refractivity contribution is -0.150. The van der Waals surface area contributed by atoms with Crippen LogP contribution in [0.4, 0.5) is 0 Å². The molecule has 2 unspecified atom stereocenters. The summed E-state index contributed by atoms with van der Waals surface area (Å²) in [6, 6.07) is 0. The highest BCUT2D eigenvalue weighted by molar-refractivity contribution is 5.69. The van der Waals surface area contributed by atoms with E-state index in [2.05, 4.69) is 13.8 Å². The smallest absolute Gasteiger partial charge is 0.305 e. The minimum atomic E-state index is -0.0801. The van der Waals surface area contributed by atoms with Gasteiger partial charge in [-0.15, -0.1) is 0 Å². The molecular weight excluding hydrogens is 180 g/mol. The molecule has 1 saturated heterocycles. The van der Waals surface area contributed by atoms with Gasteiger partial charge in [0.05, 0.1) is 6.61 Å². The molecule has 1 heterocycles. The third-order valence-electron chi connectivity index (χ3n) is 3.25. The first-order chi connectivity index (χ1) is 6.59. The number of hydrogen-bond donors (Lipinski definition) is 1. The fourth-order valence-electron chi connectivity index (χ4n) is 1.87. The molecule has 0 bridgehead atoms. The van der Waals surface area contributed by atoms with Gasteiger partial charge in [0.15, 0.2) is 0 Å². The van der Waals surface area contributed by atoms with Crippen molar-refractivity contribution in [2.24, 2.45) is 11.3 Å². The molecule has 3 heteroatoms. The average molecular weight is 200 g/mol. The molecule has 0 aliphatic carbocycles. The van der Waals surface area contributed by atoms with Gasteiger partial charge in [-0.05, 0) is 30.6 Å². The molecule has 2 atom stereocenters. The minimum Gasteiger partial charge on any atom is -0.465 e. The summed E-state index contributed by atoms with van der Waals surface area (Å²) in [5.74, 6) is 0.355. The molecule has 1 aliphatic heterocycles. The van der Waals surface area contributed by atoms with Gasteiger partial charge in [0.25, 0.3) is 0 Å². The van der Waals surface area contributed by atoms with Gasteiger partial charge in [0.2, 0.25) is 0 Å². The molecule has 3 nitrogen and oxygen atoms in total. The van der Waals surface area contributed by atoms with Crippen molar-refractivity contribution in [3.8, 4) is 0 Å². The molecule has 14 heavy (non-hydrogen) atoms. The monoisotopic (exact) mass is 200 g/mol. The van der Waals surface area contributed by atoms with Gasteiger partial charge in [-0.2, -0.15) is 0 Å². The van der Waals surface area contributed by atoms with Gasteiger partial charge in [0, 0.05) is 13.0 Å². The van der Waals surface area contributed by atoms with Crippen molar-refractivity contribution in [2.45, 2.75) is 39.5 Å². The number of hydrogen-bond acceptors (Lipinski definition) is 3. The Morgan fingerprint density at radius 1 is 1.64 bits per heavy atom. The van der Waals surface area contributed by atoms with Crippen molar-refractivity contribution in [2.75, 3.05) is 13.2 Å². The highest BCUT2D eigenvalue weighted by Crippen LogP contribution is 2.32. The first kappa shape index (κ1) is 11.5. The lowest BCUT2D eigenvalue weighted by Gasteiger charge is -2.32. The zero-order valence-corrected chi connectivity index (χ0v) is 9.08. The van der Waals surface area contributed by atoms with Crippen LogP contribution >= 0.6 is 0 Å². The first-order valence-electron chi connectivity index (χ1n) is 5.36. The number of rotatable bonds is 4. The lowest BCUT2D eigenvalue weighted by atomic mass is 9.78. The second-order valence-electron chi connectivity index (χ2n) is 4.61. The summed E-state index contributed by atoms with van der Waals surface area (Å²) in [5.41, 5.74) is -0.00554. The SMILES string of the molecule is CCC(C)(CO)CC1CCC(=O)OC1. The number of carbonyl (C=O) groups excluding carboxylic acids is 1. The fraction of sp³-hybridized carbons (Fsp3) is 0.909. The van der Waals surface area contributed by atoms with E-state index in [1.807, 2.05) is 0 Å². The molecule has 1 fully saturated rings. The molecule has 0 spiro atoms. The highest BCUT2D eigenvalue weighted by atomic mass is 16.5. The Morgan fingerprint density at radius 3 is 2.79 bits per heavy atom. The van der Waals surface area contributed by atoms with E-state index in [1.165, 1.54) is 0 Å². The Hall–Kier alpha value is -0.570. The first-order valence-corrected chi connectivity index (χ1v) is 5.36. The largest absolute Gasteiger partial charge is 0.465 e. The third-order valence-corrected chi connectivity index (χ3v) is 3.25. The second-order valence-corrected chi connectivity index (χ2v) is 4.61. The van der Waals surface area contributed by atoms with Crippen molar-refractivity contribution in [3.63, 3.8) is 0 Å². The Bertz CT molecular complexity index is 187. The van der Waals surface area contributed by atoms with E-state index in [1.54, 1.807) is 0 Å². The molecule has 1 aliphatic rings. The van der Waals surface area contributed by atoms with Gasteiger partial charge in [-0.3, -0.25) is 4.79 Å². The summed E-state index contributed by atoms with van der Waals surface area (Å²) in [5, 5.41) is 9.26. The molecule has 0 radical (unpaired) electrons. The Balaban J connectivity index is 2.40. The predicted octanol–water partition coefficient (Wildman–Crippen LogP) is 1.74. The molecular formula is C11H20O3. The normalized spacial score (nSPS) is 26.8. The highest BCUT2D eigenvalue weighted by Gasteiger charge is 2.29. The zero-order chi connectivity index (χ0) is 10.6. The average Bonchev–Trinajstić information content (AvgIpc) is 2.21. The maximum Gasteiger partial charge on any atom is 0.305 e. The van der Waals surface area contributed by atoms with E-state index in [9.17, 15) is 9.90 Å². The van der Waals surface area contributed by atoms with Gasteiger partial charge in [-0.1, -0.05) is 13.8 Å². The van der Waals surface area contributed by atoms with E-state index < -0.39 is 0 Å². The standard InChI is InChI=1S/C11H20O3/c1-3-11(2,8-12)6-9-4-5-10(13)14-7-9/h9,12H,3-8H2,1-2H3. The summed E-state index contributed by atoms with van der Waals surface area (Å²) in [4.78, 5) is 10.8. The van der Waals surface area contributed by atoms with E-state index >= 15 is 0 Å². The molecule has 0 aromatic heterocycles. The maximum atomic E-state index is 10.8. The molecule has 0 amide bonds.